The maximum atomic E-state index is 13.2. The molecular weight excluding hydrogens is 385 g/mol. The maximum absolute atomic E-state index is 13.2. The standard InChI is InChI=1S/C21H18FN7O/c1-12-23-20(28-29(12)17-9-7-15(22)8-10-17)21(30)24-16-4-2-3-14(11-16)19-25-18(26-27-19)13-5-6-13/h2-4,7-11,13H,5-6H2,1H3,(H,24,30)(H,25,26,27). The van der Waals surface area contributed by atoms with Crippen molar-refractivity contribution in [2.45, 2.75) is 25.7 Å². The second-order valence-corrected chi connectivity index (χ2v) is 7.22. The lowest BCUT2D eigenvalue weighted by molar-refractivity contribution is 0.101. The van der Waals surface area contributed by atoms with Crippen molar-refractivity contribution in [1.29, 1.82) is 0 Å². The number of carbonyl (C=O) groups is 1. The summed E-state index contributed by atoms with van der Waals surface area (Å²) in [5.41, 5.74) is 2.02. The van der Waals surface area contributed by atoms with Crippen LogP contribution in [0.15, 0.2) is 48.5 Å². The van der Waals surface area contributed by atoms with Crippen molar-refractivity contribution in [2.75, 3.05) is 5.32 Å². The molecule has 0 aliphatic heterocycles. The van der Waals surface area contributed by atoms with Gasteiger partial charge in [-0.1, -0.05) is 12.1 Å². The maximum Gasteiger partial charge on any atom is 0.295 e. The van der Waals surface area contributed by atoms with E-state index in [0.29, 0.717) is 28.9 Å². The molecule has 0 unspecified atom stereocenters. The van der Waals surface area contributed by atoms with Crippen molar-refractivity contribution >= 4 is 11.6 Å². The summed E-state index contributed by atoms with van der Waals surface area (Å²) in [6.45, 7) is 1.73. The number of aromatic amines is 1. The van der Waals surface area contributed by atoms with Gasteiger partial charge in [0.05, 0.1) is 5.69 Å². The van der Waals surface area contributed by atoms with Crippen LogP contribution in [0.2, 0.25) is 0 Å². The summed E-state index contributed by atoms with van der Waals surface area (Å²) < 4.78 is 14.7. The van der Waals surface area contributed by atoms with Gasteiger partial charge in [0, 0.05) is 17.2 Å². The Morgan fingerprint density at radius 1 is 1.17 bits per heavy atom. The fourth-order valence-corrected chi connectivity index (χ4v) is 3.18. The van der Waals surface area contributed by atoms with Crippen molar-refractivity contribution in [2.24, 2.45) is 0 Å². The van der Waals surface area contributed by atoms with Crippen LogP contribution >= 0.6 is 0 Å². The fraction of sp³-hybridized carbons (Fsp3) is 0.190. The van der Waals surface area contributed by atoms with Crippen molar-refractivity contribution in [3.63, 3.8) is 0 Å². The third kappa shape index (κ3) is 3.57. The Morgan fingerprint density at radius 3 is 2.73 bits per heavy atom. The summed E-state index contributed by atoms with van der Waals surface area (Å²) in [5, 5.41) is 14.3. The molecule has 0 bridgehead atoms. The van der Waals surface area contributed by atoms with E-state index in [1.165, 1.54) is 16.8 Å². The van der Waals surface area contributed by atoms with Crippen LogP contribution in [0, 0.1) is 12.7 Å². The molecule has 2 N–H and O–H groups in total. The summed E-state index contributed by atoms with van der Waals surface area (Å²) in [6.07, 6.45) is 2.28. The summed E-state index contributed by atoms with van der Waals surface area (Å²) in [5.74, 6) is 1.76. The molecule has 1 aliphatic carbocycles. The number of halogens is 1. The van der Waals surface area contributed by atoms with Gasteiger partial charge in [0.25, 0.3) is 5.91 Å². The summed E-state index contributed by atoms with van der Waals surface area (Å²) in [7, 11) is 0. The zero-order valence-electron chi connectivity index (χ0n) is 16.1. The molecule has 30 heavy (non-hydrogen) atoms. The molecule has 1 fully saturated rings. The smallest absolute Gasteiger partial charge is 0.295 e. The minimum absolute atomic E-state index is 0.0242. The van der Waals surface area contributed by atoms with Gasteiger partial charge in [-0.25, -0.2) is 19.0 Å². The molecule has 4 aromatic rings. The molecule has 2 aromatic heterocycles. The van der Waals surface area contributed by atoms with Gasteiger partial charge in [-0.2, -0.15) is 5.10 Å². The molecule has 150 valence electrons. The molecule has 1 saturated carbocycles. The number of hydrogen-bond donors (Lipinski definition) is 2. The number of nitrogens with one attached hydrogen (secondary N) is 2. The molecule has 8 nitrogen and oxygen atoms in total. The number of aryl methyl sites for hydroxylation is 1. The van der Waals surface area contributed by atoms with Crippen molar-refractivity contribution in [3.05, 3.63) is 71.8 Å². The van der Waals surface area contributed by atoms with E-state index in [-0.39, 0.29) is 11.6 Å². The Morgan fingerprint density at radius 2 is 1.97 bits per heavy atom. The molecule has 0 saturated heterocycles. The molecule has 0 atom stereocenters. The quantitative estimate of drug-likeness (QED) is 0.530. The summed E-state index contributed by atoms with van der Waals surface area (Å²) in [6, 6.07) is 13.1. The second-order valence-electron chi connectivity index (χ2n) is 7.22. The SMILES string of the molecule is Cc1nc(C(=O)Nc2cccc(-c3n[nH]c(C4CC4)n3)c2)nn1-c1ccc(F)cc1. The minimum Gasteiger partial charge on any atom is -0.319 e. The van der Waals surface area contributed by atoms with Gasteiger partial charge >= 0.3 is 0 Å². The van der Waals surface area contributed by atoms with Gasteiger partial charge < -0.3 is 5.32 Å². The third-order valence-corrected chi connectivity index (χ3v) is 4.89. The predicted octanol–water partition coefficient (Wildman–Crippen LogP) is 3.63. The highest BCUT2D eigenvalue weighted by Gasteiger charge is 2.27. The molecule has 0 spiro atoms. The van der Waals surface area contributed by atoms with Crippen LogP contribution in [0.3, 0.4) is 0 Å². The number of nitrogens with zero attached hydrogens (tertiary/aromatic N) is 5. The Kier molecular flexibility index (Phi) is 4.35. The lowest BCUT2D eigenvalue weighted by atomic mass is 10.2. The number of rotatable bonds is 5. The molecule has 1 amide bonds. The van der Waals surface area contributed by atoms with E-state index in [9.17, 15) is 9.18 Å². The first-order valence-electron chi connectivity index (χ1n) is 9.60. The normalized spacial score (nSPS) is 13.4. The first-order chi connectivity index (χ1) is 14.6. The molecule has 9 heteroatoms. The first-order valence-corrected chi connectivity index (χ1v) is 9.60. The number of carbonyl (C=O) groups excluding carboxylic acids is 1. The highest BCUT2D eigenvalue weighted by molar-refractivity contribution is 6.01. The number of aromatic nitrogens is 6. The average Bonchev–Trinajstić information content (AvgIpc) is 3.34. The van der Waals surface area contributed by atoms with Gasteiger partial charge in [0.15, 0.2) is 5.82 Å². The first kappa shape index (κ1) is 18.2. The molecule has 0 radical (unpaired) electrons. The Bertz CT molecular complexity index is 1220. The number of hydrogen-bond acceptors (Lipinski definition) is 5. The largest absolute Gasteiger partial charge is 0.319 e. The monoisotopic (exact) mass is 403 g/mol. The Labute approximate surface area is 171 Å². The lowest BCUT2D eigenvalue weighted by Crippen LogP contribution is -2.14. The second kappa shape index (κ2) is 7.18. The number of benzene rings is 2. The molecule has 5 rings (SSSR count). The van der Waals surface area contributed by atoms with Crippen LogP contribution in [0.5, 0.6) is 0 Å². The van der Waals surface area contributed by atoms with Crippen LogP contribution in [-0.4, -0.2) is 35.9 Å². The van der Waals surface area contributed by atoms with E-state index >= 15 is 0 Å². The summed E-state index contributed by atoms with van der Waals surface area (Å²) >= 11 is 0. The number of anilines is 1. The van der Waals surface area contributed by atoms with Crippen LogP contribution in [0.4, 0.5) is 10.1 Å². The van der Waals surface area contributed by atoms with Crippen LogP contribution < -0.4 is 5.32 Å². The zero-order valence-corrected chi connectivity index (χ0v) is 16.1. The van der Waals surface area contributed by atoms with Crippen molar-refractivity contribution < 1.29 is 9.18 Å². The average molecular weight is 403 g/mol. The van der Waals surface area contributed by atoms with E-state index in [0.717, 1.165) is 24.2 Å². The number of H-pyrrole nitrogens is 1. The molecular formula is C21H18FN7O. The van der Waals surface area contributed by atoms with E-state index in [1.54, 1.807) is 25.1 Å². The van der Waals surface area contributed by atoms with Gasteiger partial charge in [0.2, 0.25) is 5.82 Å². The topological polar surface area (TPSA) is 101 Å². The zero-order chi connectivity index (χ0) is 20.7. The Balaban J connectivity index is 1.35. The Hall–Kier alpha value is -3.88. The van der Waals surface area contributed by atoms with Gasteiger partial charge in [-0.15, -0.1) is 5.10 Å². The third-order valence-electron chi connectivity index (χ3n) is 4.89. The van der Waals surface area contributed by atoms with Crippen LogP contribution in [0.25, 0.3) is 17.1 Å². The molecule has 2 heterocycles. The van der Waals surface area contributed by atoms with Gasteiger partial charge in [0.1, 0.15) is 17.5 Å². The van der Waals surface area contributed by atoms with Crippen LogP contribution in [-0.2, 0) is 0 Å². The van der Waals surface area contributed by atoms with Crippen molar-refractivity contribution in [1.82, 2.24) is 29.9 Å². The van der Waals surface area contributed by atoms with E-state index in [4.69, 9.17) is 0 Å². The predicted molar refractivity (Wildman–Crippen MR) is 108 cm³/mol. The van der Waals surface area contributed by atoms with E-state index in [2.05, 4.69) is 30.6 Å². The minimum atomic E-state index is -0.440. The van der Waals surface area contributed by atoms with E-state index in [1.807, 2.05) is 18.2 Å². The van der Waals surface area contributed by atoms with Gasteiger partial charge in [-0.3, -0.25) is 9.89 Å². The summed E-state index contributed by atoms with van der Waals surface area (Å²) in [4.78, 5) is 21.4. The van der Waals surface area contributed by atoms with Gasteiger partial charge in [-0.05, 0) is 56.2 Å². The van der Waals surface area contributed by atoms with Crippen LogP contribution in [0.1, 0.15) is 41.0 Å². The number of amides is 1. The van der Waals surface area contributed by atoms with Crippen molar-refractivity contribution in [3.8, 4) is 17.1 Å². The molecule has 1 aliphatic rings. The fourth-order valence-electron chi connectivity index (χ4n) is 3.18. The lowest BCUT2D eigenvalue weighted by Gasteiger charge is -2.04. The van der Waals surface area contributed by atoms with E-state index < -0.39 is 5.91 Å². The highest BCUT2D eigenvalue weighted by atomic mass is 19.1. The molecule has 2 aromatic carbocycles. The highest BCUT2D eigenvalue weighted by Crippen LogP contribution is 2.38.